The van der Waals surface area contributed by atoms with Gasteiger partial charge >= 0.3 is 5.97 Å². The van der Waals surface area contributed by atoms with Crippen molar-refractivity contribution in [3.63, 3.8) is 0 Å². The third kappa shape index (κ3) is 3.61. The summed E-state index contributed by atoms with van der Waals surface area (Å²) in [6, 6.07) is 11.3. The Bertz CT molecular complexity index is 1050. The lowest BCUT2D eigenvalue weighted by Gasteiger charge is -2.35. The first kappa shape index (κ1) is 20.2. The highest BCUT2D eigenvalue weighted by molar-refractivity contribution is 6.38. The van der Waals surface area contributed by atoms with Crippen LogP contribution >= 0.6 is 11.6 Å². The highest BCUT2D eigenvalue weighted by Gasteiger charge is 2.27. The molecule has 0 atom stereocenters. The Morgan fingerprint density at radius 1 is 1.10 bits per heavy atom. The van der Waals surface area contributed by atoms with Crippen molar-refractivity contribution in [3.8, 4) is 0 Å². The number of piperazine rings is 1. The zero-order chi connectivity index (χ0) is 21.3. The van der Waals surface area contributed by atoms with E-state index in [1.807, 2.05) is 46.8 Å². The van der Waals surface area contributed by atoms with Gasteiger partial charge in [0.2, 0.25) is 0 Å². The first-order chi connectivity index (χ1) is 14.5. The summed E-state index contributed by atoms with van der Waals surface area (Å²) in [5.74, 6) is 0.334. The molecule has 8 heteroatoms. The van der Waals surface area contributed by atoms with Crippen LogP contribution in [-0.4, -0.2) is 59.1 Å². The van der Waals surface area contributed by atoms with Gasteiger partial charge in [-0.1, -0.05) is 29.8 Å². The molecule has 0 saturated carbocycles. The van der Waals surface area contributed by atoms with Gasteiger partial charge < -0.3 is 19.1 Å². The number of pyridine rings is 1. The highest BCUT2D eigenvalue weighted by Crippen LogP contribution is 2.31. The maximum atomic E-state index is 13.2. The lowest BCUT2D eigenvalue weighted by molar-refractivity contribution is 0.0525. The fourth-order valence-electron chi connectivity index (χ4n) is 3.78. The summed E-state index contributed by atoms with van der Waals surface area (Å²) in [6.45, 7) is 4.54. The van der Waals surface area contributed by atoms with Crippen molar-refractivity contribution in [2.24, 2.45) is 7.05 Å². The molecule has 2 aromatic heterocycles. The van der Waals surface area contributed by atoms with Crippen molar-refractivity contribution >= 4 is 40.2 Å². The molecule has 30 heavy (non-hydrogen) atoms. The monoisotopic (exact) mass is 426 g/mol. The number of aromatic nitrogens is 2. The molecule has 1 aliphatic heterocycles. The van der Waals surface area contributed by atoms with E-state index in [4.69, 9.17) is 16.3 Å². The van der Waals surface area contributed by atoms with E-state index in [1.165, 1.54) is 6.20 Å². The van der Waals surface area contributed by atoms with Crippen LogP contribution in [-0.2, 0) is 11.8 Å². The standard InChI is InChI=1S/C22H23ClN4O3/c1-3-30-22(29)15-8-9-18(24-14-15)26-10-12-27(13-11-26)21(28)20-19(23)16-6-4-5-7-17(16)25(20)2/h4-9,14H,3,10-13H2,1-2H3. The summed E-state index contributed by atoms with van der Waals surface area (Å²) in [5.41, 5.74) is 1.89. The molecule has 1 fully saturated rings. The number of ether oxygens (including phenoxy) is 1. The van der Waals surface area contributed by atoms with Crippen molar-refractivity contribution in [3.05, 3.63) is 58.9 Å². The molecule has 1 amide bonds. The van der Waals surface area contributed by atoms with Gasteiger partial charge in [-0.25, -0.2) is 9.78 Å². The van der Waals surface area contributed by atoms with Crippen molar-refractivity contribution in [1.82, 2.24) is 14.5 Å². The lowest BCUT2D eigenvalue weighted by Crippen LogP contribution is -2.49. The number of para-hydroxylation sites is 1. The molecule has 0 unspecified atom stereocenters. The summed E-state index contributed by atoms with van der Waals surface area (Å²) >= 11 is 6.54. The Balaban J connectivity index is 1.45. The number of hydrogen-bond acceptors (Lipinski definition) is 5. The lowest BCUT2D eigenvalue weighted by atomic mass is 10.2. The first-order valence-corrected chi connectivity index (χ1v) is 10.3. The molecule has 1 aromatic carbocycles. The number of benzene rings is 1. The van der Waals surface area contributed by atoms with E-state index >= 15 is 0 Å². The molecule has 1 aliphatic rings. The van der Waals surface area contributed by atoms with Gasteiger partial charge in [0, 0.05) is 50.3 Å². The number of halogens is 1. The maximum Gasteiger partial charge on any atom is 0.339 e. The van der Waals surface area contributed by atoms with Crippen LogP contribution in [0.15, 0.2) is 42.6 Å². The fourth-order valence-corrected chi connectivity index (χ4v) is 4.15. The number of esters is 1. The van der Waals surface area contributed by atoms with Crippen LogP contribution in [0.25, 0.3) is 10.9 Å². The second kappa shape index (κ2) is 8.36. The maximum absolute atomic E-state index is 13.2. The molecule has 0 spiro atoms. The zero-order valence-electron chi connectivity index (χ0n) is 17.0. The minimum atomic E-state index is -0.376. The predicted octanol–water partition coefficient (Wildman–Crippen LogP) is 3.37. The zero-order valence-corrected chi connectivity index (χ0v) is 17.7. The van der Waals surface area contributed by atoms with Gasteiger partial charge in [0.25, 0.3) is 5.91 Å². The first-order valence-electron chi connectivity index (χ1n) is 9.91. The number of amides is 1. The number of nitrogens with zero attached hydrogens (tertiary/aromatic N) is 4. The van der Waals surface area contributed by atoms with E-state index in [1.54, 1.807) is 13.0 Å². The molecule has 156 valence electrons. The molecule has 4 rings (SSSR count). The normalized spacial score (nSPS) is 14.2. The average molecular weight is 427 g/mol. The Morgan fingerprint density at radius 2 is 1.83 bits per heavy atom. The van der Waals surface area contributed by atoms with Crippen molar-refractivity contribution in [2.75, 3.05) is 37.7 Å². The minimum absolute atomic E-state index is 0.0658. The molecule has 7 nitrogen and oxygen atoms in total. The number of fused-ring (bicyclic) bond motifs is 1. The van der Waals surface area contributed by atoms with Crippen LogP contribution < -0.4 is 4.90 Å². The van der Waals surface area contributed by atoms with Crippen LogP contribution in [0.2, 0.25) is 5.02 Å². The van der Waals surface area contributed by atoms with Gasteiger partial charge in [0.15, 0.2) is 0 Å². The number of hydrogen-bond donors (Lipinski definition) is 0. The van der Waals surface area contributed by atoms with Gasteiger partial charge in [-0.05, 0) is 25.1 Å². The van der Waals surface area contributed by atoms with Crippen molar-refractivity contribution in [2.45, 2.75) is 6.92 Å². The third-order valence-electron chi connectivity index (χ3n) is 5.40. The minimum Gasteiger partial charge on any atom is -0.462 e. The number of rotatable bonds is 4. The Morgan fingerprint density at radius 3 is 2.47 bits per heavy atom. The summed E-state index contributed by atoms with van der Waals surface area (Å²) < 4.78 is 6.85. The van der Waals surface area contributed by atoms with E-state index in [2.05, 4.69) is 9.88 Å². The molecule has 1 saturated heterocycles. The van der Waals surface area contributed by atoms with Crippen molar-refractivity contribution in [1.29, 1.82) is 0 Å². The summed E-state index contributed by atoms with van der Waals surface area (Å²) in [4.78, 5) is 33.3. The highest BCUT2D eigenvalue weighted by atomic mass is 35.5. The van der Waals surface area contributed by atoms with E-state index in [0.717, 1.165) is 16.7 Å². The van der Waals surface area contributed by atoms with Gasteiger partial charge in [-0.2, -0.15) is 0 Å². The quantitative estimate of drug-likeness (QED) is 0.598. The van der Waals surface area contributed by atoms with Gasteiger partial charge in [0.05, 0.1) is 17.2 Å². The third-order valence-corrected chi connectivity index (χ3v) is 5.78. The largest absolute Gasteiger partial charge is 0.462 e. The average Bonchev–Trinajstić information content (AvgIpc) is 3.04. The molecular weight excluding hydrogens is 404 g/mol. The molecule has 3 aromatic rings. The molecule has 0 bridgehead atoms. The molecule has 3 heterocycles. The second-order valence-corrected chi connectivity index (χ2v) is 7.52. The van der Waals surface area contributed by atoms with Crippen LogP contribution in [0.5, 0.6) is 0 Å². The van der Waals surface area contributed by atoms with Gasteiger partial charge in [-0.15, -0.1) is 0 Å². The van der Waals surface area contributed by atoms with E-state index in [-0.39, 0.29) is 11.9 Å². The summed E-state index contributed by atoms with van der Waals surface area (Å²) in [6.07, 6.45) is 1.53. The van der Waals surface area contributed by atoms with E-state index in [0.29, 0.717) is 49.1 Å². The number of carbonyl (C=O) groups excluding carboxylic acids is 2. The van der Waals surface area contributed by atoms with Crippen LogP contribution in [0.4, 0.5) is 5.82 Å². The molecule has 0 N–H and O–H groups in total. The predicted molar refractivity (Wildman–Crippen MR) is 116 cm³/mol. The van der Waals surface area contributed by atoms with Gasteiger partial charge in [0.1, 0.15) is 11.5 Å². The summed E-state index contributed by atoms with van der Waals surface area (Å²) in [5, 5.41) is 1.38. The fraction of sp³-hybridized carbons (Fsp3) is 0.318. The molecule has 0 aliphatic carbocycles. The number of anilines is 1. The number of carbonyl (C=O) groups is 2. The topological polar surface area (TPSA) is 67.7 Å². The van der Waals surface area contributed by atoms with Gasteiger partial charge in [-0.3, -0.25) is 4.79 Å². The summed E-state index contributed by atoms with van der Waals surface area (Å²) in [7, 11) is 1.87. The van der Waals surface area contributed by atoms with Crippen molar-refractivity contribution < 1.29 is 14.3 Å². The Hall–Kier alpha value is -3.06. The van der Waals surface area contributed by atoms with E-state index < -0.39 is 0 Å². The number of aryl methyl sites for hydroxylation is 1. The smallest absolute Gasteiger partial charge is 0.339 e. The SMILES string of the molecule is CCOC(=O)c1ccc(N2CCN(C(=O)c3c(Cl)c4ccccc4n3C)CC2)nc1. The molecular formula is C22H23ClN4O3. The van der Waals surface area contributed by atoms with Crippen LogP contribution in [0.3, 0.4) is 0 Å². The Kier molecular flexibility index (Phi) is 5.63. The van der Waals surface area contributed by atoms with E-state index in [9.17, 15) is 9.59 Å². The Labute approximate surface area is 179 Å². The van der Waals surface area contributed by atoms with Crippen LogP contribution in [0.1, 0.15) is 27.8 Å². The second-order valence-electron chi connectivity index (χ2n) is 7.14. The molecule has 0 radical (unpaired) electrons. The van der Waals surface area contributed by atoms with Crippen LogP contribution in [0, 0.1) is 0 Å².